The molecule has 67 heavy (non-hydrogen) atoms. The molecular weight excluding hydrogens is 867 g/mol. The van der Waals surface area contributed by atoms with Crippen LogP contribution in [0.4, 0.5) is 0 Å². The molecule has 1 aliphatic carbocycles. The number of ether oxygens (including phenoxy) is 5. The number of nitrogens with zero attached hydrogens (tertiary/aromatic N) is 2. The highest BCUT2D eigenvalue weighted by Gasteiger charge is 2.77. The van der Waals surface area contributed by atoms with Gasteiger partial charge in [0.05, 0.1) is 26.4 Å². The molecule has 17 heteroatoms. The maximum Gasteiger partial charge on any atom is 0.327 e. The zero-order valence-corrected chi connectivity index (χ0v) is 36.7. The monoisotopic (exact) mass is 921 g/mol. The number of fused-ring (bicyclic) bond motifs is 4. The van der Waals surface area contributed by atoms with Crippen LogP contribution in [0.15, 0.2) is 121 Å². The minimum absolute atomic E-state index is 0.00884. The van der Waals surface area contributed by atoms with Crippen molar-refractivity contribution in [3.05, 3.63) is 149 Å². The van der Waals surface area contributed by atoms with Crippen molar-refractivity contribution in [2.75, 3.05) is 33.4 Å². The van der Waals surface area contributed by atoms with Crippen molar-refractivity contribution in [2.45, 2.75) is 92.4 Å². The number of carbonyl (C=O) groups is 3. The standard InChI is InChI=1S/C50H55N3O14/c1-52(35(45(59)51-23-24-54)26-30-14-5-2-6-15-30)48(61)49-27-36-41-42(66-50(65-41,33-19-7-3-8-20-33)34-21-9-4-10-22-34)44(49)67-53(43(49)46(60)63-36)28-32-17-12-11-16-31(32)18-13-25-62-47-40(58)39(57)38(56)37(29-55)64-47/h2-22,35-44,47,54-58H,23-29H2,1H3,(H,51,59). The highest BCUT2D eigenvalue weighted by Crippen LogP contribution is 2.60. The third-order valence-electron chi connectivity index (χ3n) is 13.5. The van der Waals surface area contributed by atoms with E-state index in [0.29, 0.717) is 22.3 Å². The molecule has 4 aromatic carbocycles. The SMILES string of the molecule is CN(C(=O)C12CC3OC(=O)C1N(Cc1ccccc1C=CCOC1OC(CO)C(O)C(O)C1O)OC2C1OC(c2ccccc2)(c2ccccc2)OC31)C(Cc1ccccc1)C(=O)NCCO. The van der Waals surface area contributed by atoms with Gasteiger partial charge in [-0.25, -0.2) is 0 Å². The van der Waals surface area contributed by atoms with E-state index in [1.54, 1.807) is 19.2 Å². The topological polar surface area (TPSA) is 226 Å². The largest absolute Gasteiger partial charge is 0.458 e. The summed E-state index contributed by atoms with van der Waals surface area (Å²) in [5.41, 5.74) is 1.87. The van der Waals surface area contributed by atoms with Gasteiger partial charge in [-0.3, -0.25) is 19.2 Å². The van der Waals surface area contributed by atoms with E-state index >= 15 is 4.79 Å². The fourth-order valence-corrected chi connectivity index (χ4v) is 10.2. The first-order chi connectivity index (χ1) is 32.5. The molecule has 5 aliphatic rings. The smallest absolute Gasteiger partial charge is 0.327 e. The van der Waals surface area contributed by atoms with Crippen LogP contribution in [0.3, 0.4) is 0 Å². The number of carbonyl (C=O) groups excluding carboxylic acids is 3. The molecule has 0 radical (unpaired) electrons. The number of hydrogen-bond acceptors (Lipinski definition) is 15. The first-order valence-corrected chi connectivity index (χ1v) is 22.5. The predicted molar refractivity (Wildman–Crippen MR) is 237 cm³/mol. The summed E-state index contributed by atoms with van der Waals surface area (Å²) in [6.07, 6.45) is -7.53. The molecular formula is C50H55N3O14. The lowest BCUT2D eigenvalue weighted by Crippen LogP contribution is -2.70. The maximum atomic E-state index is 15.8. The Hall–Kier alpha value is -5.41. The summed E-state index contributed by atoms with van der Waals surface area (Å²) in [5, 5.41) is 54.3. The summed E-state index contributed by atoms with van der Waals surface area (Å²) in [7, 11) is 1.55. The molecule has 17 nitrogen and oxygen atoms in total. The molecule has 9 rings (SSSR count). The van der Waals surface area contributed by atoms with E-state index in [-0.39, 0.29) is 39.1 Å². The van der Waals surface area contributed by atoms with E-state index in [0.717, 1.165) is 5.56 Å². The van der Waals surface area contributed by atoms with Crippen LogP contribution in [-0.4, -0.2) is 154 Å². The number of esters is 1. The highest BCUT2D eigenvalue weighted by atomic mass is 16.8. The summed E-state index contributed by atoms with van der Waals surface area (Å²) in [6, 6.07) is 33.1. The van der Waals surface area contributed by atoms with Crippen molar-refractivity contribution in [3.8, 4) is 0 Å². The van der Waals surface area contributed by atoms with Crippen molar-refractivity contribution in [1.29, 1.82) is 0 Å². The molecule has 12 unspecified atom stereocenters. The average molecular weight is 922 g/mol. The molecule has 2 bridgehead atoms. The number of likely N-dealkylation sites (N-methyl/N-ethyl adjacent to an activating group) is 1. The van der Waals surface area contributed by atoms with Crippen LogP contribution in [0.25, 0.3) is 6.08 Å². The molecule has 4 aromatic rings. The molecule has 4 aliphatic heterocycles. The van der Waals surface area contributed by atoms with Crippen LogP contribution >= 0.6 is 0 Å². The number of amides is 2. The van der Waals surface area contributed by atoms with Gasteiger partial charge in [0, 0.05) is 37.6 Å². The Bertz CT molecular complexity index is 2350. The van der Waals surface area contributed by atoms with Gasteiger partial charge in [0.1, 0.15) is 60.3 Å². The van der Waals surface area contributed by atoms with E-state index in [2.05, 4.69) is 5.32 Å². The van der Waals surface area contributed by atoms with Gasteiger partial charge in [-0.15, -0.1) is 0 Å². The molecule has 4 saturated heterocycles. The lowest BCUT2D eigenvalue weighted by atomic mass is 9.62. The number of aliphatic hydroxyl groups is 5. The second-order valence-electron chi connectivity index (χ2n) is 17.5. The number of aliphatic hydroxyl groups excluding tert-OH is 5. The van der Waals surface area contributed by atoms with E-state index in [9.17, 15) is 35.1 Å². The molecule has 6 N–H and O–H groups in total. The fraction of sp³-hybridized carbons (Fsp3) is 0.420. The summed E-state index contributed by atoms with van der Waals surface area (Å²) in [4.78, 5) is 52.9. The normalized spacial score (nSPS) is 31.2. The van der Waals surface area contributed by atoms with Crippen molar-refractivity contribution < 1.29 is 68.4 Å². The highest BCUT2D eigenvalue weighted by molar-refractivity contribution is 5.96. The van der Waals surface area contributed by atoms with E-state index in [1.165, 1.54) is 9.96 Å². The van der Waals surface area contributed by atoms with Gasteiger partial charge in [0.15, 0.2) is 12.3 Å². The van der Waals surface area contributed by atoms with Gasteiger partial charge in [-0.2, -0.15) is 5.06 Å². The number of rotatable bonds is 16. The van der Waals surface area contributed by atoms with Crippen LogP contribution in [0.1, 0.15) is 34.2 Å². The number of hydrogen-bond donors (Lipinski definition) is 6. The van der Waals surface area contributed by atoms with Crippen LogP contribution in [0.5, 0.6) is 0 Å². The van der Waals surface area contributed by atoms with E-state index in [1.807, 2.05) is 115 Å². The zero-order valence-electron chi connectivity index (χ0n) is 36.7. The Balaban J connectivity index is 1.07. The van der Waals surface area contributed by atoms with Crippen molar-refractivity contribution in [3.63, 3.8) is 0 Å². The first kappa shape index (κ1) is 46.7. The van der Waals surface area contributed by atoms with E-state index < -0.39 is 103 Å². The number of benzene rings is 4. The quantitative estimate of drug-likeness (QED) is 0.0869. The lowest BCUT2D eigenvalue weighted by molar-refractivity contribution is -0.298. The minimum Gasteiger partial charge on any atom is -0.458 e. The predicted octanol–water partition coefficient (Wildman–Crippen LogP) is 1.18. The fourth-order valence-electron chi connectivity index (χ4n) is 10.2. The Labute approximate surface area is 387 Å². The second-order valence-corrected chi connectivity index (χ2v) is 17.5. The average Bonchev–Trinajstić information content (AvgIpc) is 3.94. The summed E-state index contributed by atoms with van der Waals surface area (Å²) >= 11 is 0. The maximum absolute atomic E-state index is 15.8. The molecule has 1 saturated carbocycles. The first-order valence-electron chi connectivity index (χ1n) is 22.5. The van der Waals surface area contributed by atoms with Gasteiger partial charge in [-0.1, -0.05) is 127 Å². The van der Waals surface area contributed by atoms with Crippen molar-refractivity contribution in [2.24, 2.45) is 5.41 Å². The Morgan fingerprint density at radius 3 is 2.18 bits per heavy atom. The van der Waals surface area contributed by atoms with Gasteiger partial charge >= 0.3 is 5.97 Å². The van der Waals surface area contributed by atoms with Gasteiger partial charge in [-0.05, 0) is 16.7 Å². The summed E-state index contributed by atoms with van der Waals surface area (Å²) in [5.74, 6) is -3.20. The second kappa shape index (κ2) is 19.7. The van der Waals surface area contributed by atoms with Crippen LogP contribution < -0.4 is 5.32 Å². The Morgan fingerprint density at radius 2 is 1.51 bits per heavy atom. The third kappa shape index (κ3) is 8.59. The molecule has 5 fully saturated rings. The van der Waals surface area contributed by atoms with Crippen molar-refractivity contribution >= 4 is 23.9 Å². The molecule has 2 amide bonds. The van der Waals surface area contributed by atoms with Crippen LogP contribution in [-0.2, 0) is 61.7 Å². The lowest BCUT2D eigenvalue weighted by Gasteiger charge is -2.50. The van der Waals surface area contributed by atoms with E-state index in [4.69, 9.17) is 28.5 Å². The van der Waals surface area contributed by atoms with Crippen LogP contribution in [0.2, 0.25) is 0 Å². The summed E-state index contributed by atoms with van der Waals surface area (Å²) in [6.45, 7) is -1.04. The van der Waals surface area contributed by atoms with Gasteiger partial charge in [0.25, 0.3) is 0 Å². The molecule has 12 atom stereocenters. The summed E-state index contributed by atoms with van der Waals surface area (Å²) < 4.78 is 31.6. The molecule has 0 spiro atoms. The molecule has 0 aromatic heterocycles. The third-order valence-corrected chi connectivity index (χ3v) is 13.5. The molecule has 354 valence electrons. The van der Waals surface area contributed by atoms with Crippen LogP contribution in [0, 0.1) is 5.41 Å². The van der Waals surface area contributed by atoms with Crippen molar-refractivity contribution in [1.82, 2.24) is 15.3 Å². The zero-order chi connectivity index (χ0) is 46.9. The van der Waals surface area contributed by atoms with Gasteiger partial charge < -0.3 is 59.4 Å². The Morgan fingerprint density at radius 1 is 0.866 bits per heavy atom. The Kier molecular flexibility index (Phi) is 13.7. The molecule has 4 heterocycles. The van der Waals surface area contributed by atoms with Gasteiger partial charge in [0.2, 0.25) is 17.6 Å². The number of hydroxylamine groups is 2. The minimum atomic E-state index is -1.65. The number of nitrogens with one attached hydrogen (secondary N) is 1.